The maximum Gasteiger partial charge on any atom is 0.261 e. The molecule has 1 saturated heterocycles. The summed E-state index contributed by atoms with van der Waals surface area (Å²) in [7, 11) is 0. The molecule has 2 aromatic rings. The van der Waals surface area contributed by atoms with E-state index in [4.69, 9.17) is 16.3 Å². The zero-order valence-corrected chi connectivity index (χ0v) is 15.9. The van der Waals surface area contributed by atoms with Crippen LogP contribution in [0.4, 0.5) is 0 Å². The van der Waals surface area contributed by atoms with Gasteiger partial charge in [0.05, 0.1) is 0 Å². The number of nitrogens with zero attached hydrogens (tertiary/aromatic N) is 1. The van der Waals surface area contributed by atoms with Gasteiger partial charge < -0.3 is 14.6 Å². The molecule has 5 nitrogen and oxygen atoms in total. The van der Waals surface area contributed by atoms with Crippen molar-refractivity contribution >= 4 is 17.5 Å². The van der Waals surface area contributed by atoms with Crippen LogP contribution in [0.15, 0.2) is 35.1 Å². The number of rotatable bonds is 3. The van der Waals surface area contributed by atoms with Crippen molar-refractivity contribution in [3.63, 3.8) is 0 Å². The molecule has 4 rings (SSSR count). The molecule has 0 radical (unpaired) electrons. The molecule has 0 spiro atoms. The van der Waals surface area contributed by atoms with E-state index in [1.54, 1.807) is 17.0 Å². The third-order valence-corrected chi connectivity index (χ3v) is 5.67. The lowest BCUT2D eigenvalue weighted by molar-refractivity contribution is 0.0593. The Hall–Kier alpha value is -2.27. The first-order chi connectivity index (χ1) is 13.1. The number of aryl methyl sites for hydroxylation is 2. The molecule has 1 amide bonds. The predicted molar refractivity (Wildman–Crippen MR) is 105 cm³/mol. The molecule has 1 aliphatic carbocycles. The number of piperidine rings is 1. The van der Waals surface area contributed by atoms with E-state index in [1.807, 2.05) is 18.2 Å². The summed E-state index contributed by atoms with van der Waals surface area (Å²) in [4.78, 5) is 29.9. The van der Waals surface area contributed by atoms with Crippen LogP contribution in [0.3, 0.4) is 0 Å². The molecule has 0 unspecified atom stereocenters. The standard InChI is InChI=1S/C21H23ClN2O3/c22-15-5-7-16(8-6-15)27-17-9-11-24(12-10-17)21(26)18-13-14-3-1-2-4-19(14)23-20(18)25/h5-8,13,17H,1-4,9-12H2,(H,23,25). The molecule has 2 heterocycles. The normalized spacial score (nSPS) is 17.4. The maximum atomic E-state index is 12.9. The highest BCUT2D eigenvalue weighted by Crippen LogP contribution is 2.23. The van der Waals surface area contributed by atoms with E-state index in [9.17, 15) is 9.59 Å². The van der Waals surface area contributed by atoms with Crippen molar-refractivity contribution in [1.82, 2.24) is 9.88 Å². The summed E-state index contributed by atoms with van der Waals surface area (Å²) in [6, 6.07) is 9.13. The molecule has 1 aromatic carbocycles. The van der Waals surface area contributed by atoms with Gasteiger partial charge in [0, 0.05) is 36.6 Å². The highest BCUT2D eigenvalue weighted by atomic mass is 35.5. The average Bonchev–Trinajstić information content (AvgIpc) is 2.69. The minimum Gasteiger partial charge on any atom is -0.490 e. The van der Waals surface area contributed by atoms with E-state index in [0.717, 1.165) is 55.5 Å². The van der Waals surface area contributed by atoms with E-state index in [1.165, 1.54) is 0 Å². The van der Waals surface area contributed by atoms with Crippen LogP contribution in [-0.4, -0.2) is 35.0 Å². The number of nitrogens with one attached hydrogen (secondary N) is 1. The quantitative estimate of drug-likeness (QED) is 0.876. The monoisotopic (exact) mass is 386 g/mol. The molecular formula is C21H23ClN2O3. The fourth-order valence-corrected chi connectivity index (χ4v) is 4.01. The van der Waals surface area contributed by atoms with Gasteiger partial charge in [0.2, 0.25) is 0 Å². The fourth-order valence-electron chi connectivity index (χ4n) is 3.89. The van der Waals surface area contributed by atoms with Crippen LogP contribution in [0.25, 0.3) is 0 Å². The molecule has 1 fully saturated rings. The number of benzene rings is 1. The van der Waals surface area contributed by atoms with Crippen LogP contribution in [0.1, 0.15) is 47.3 Å². The number of hydrogen-bond donors (Lipinski definition) is 1. The second kappa shape index (κ2) is 7.77. The third-order valence-electron chi connectivity index (χ3n) is 5.41. The Morgan fingerprint density at radius 2 is 1.81 bits per heavy atom. The topological polar surface area (TPSA) is 62.4 Å². The number of H-pyrrole nitrogens is 1. The smallest absolute Gasteiger partial charge is 0.261 e. The van der Waals surface area contributed by atoms with E-state index < -0.39 is 0 Å². The molecule has 1 N–H and O–H groups in total. The van der Waals surface area contributed by atoms with Crippen molar-refractivity contribution in [3.8, 4) is 5.75 Å². The van der Waals surface area contributed by atoms with Crippen molar-refractivity contribution < 1.29 is 9.53 Å². The molecule has 1 aliphatic heterocycles. The molecule has 0 atom stereocenters. The van der Waals surface area contributed by atoms with Gasteiger partial charge in [-0.05, 0) is 61.6 Å². The number of carbonyl (C=O) groups is 1. The number of amides is 1. The molecule has 0 saturated carbocycles. The number of hydrogen-bond acceptors (Lipinski definition) is 3. The molecule has 27 heavy (non-hydrogen) atoms. The number of pyridine rings is 1. The molecule has 1 aromatic heterocycles. The minimum atomic E-state index is -0.264. The van der Waals surface area contributed by atoms with Gasteiger partial charge in [-0.2, -0.15) is 0 Å². The molecule has 142 valence electrons. The number of ether oxygens (including phenoxy) is 1. The Morgan fingerprint density at radius 3 is 2.56 bits per heavy atom. The SMILES string of the molecule is O=C(c1cc2c([nH]c1=O)CCCC2)N1CCC(Oc2ccc(Cl)cc2)CC1. The largest absolute Gasteiger partial charge is 0.490 e. The van der Waals surface area contributed by atoms with Crippen LogP contribution in [-0.2, 0) is 12.8 Å². The minimum absolute atomic E-state index is 0.0667. The van der Waals surface area contributed by atoms with E-state index >= 15 is 0 Å². The number of fused-ring (bicyclic) bond motifs is 1. The molecule has 2 aliphatic rings. The summed E-state index contributed by atoms with van der Waals surface area (Å²) < 4.78 is 5.98. The maximum absolute atomic E-state index is 12.9. The van der Waals surface area contributed by atoms with Crippen LogP contribution in [0.2, 0.25) is 5.02 Å². The highest BCUT2D eigenvalue weighted by Gasteiger charge is 2.27. The first kappa shape index (κ1) is 18.1. The summed E-state index contributed by atoms with van der Waals surface area (Å²) in [5, 5.41) is 0.679. The van der Waals surface area contributed by atoms with Crippen LogP contribution in [0.5, 0.6) is 5.75 Å². The number of aromatic nitrogens is 1. The Bertz CT molecular complexity index is 883. The summed E-state index contributed by atoms with van der Waals surface area (Å²) in [5.74, 6) is 0.616. The first-order valence-corrected chi connectivity index (χ1v) is 9.94. The Kier molecular flexibility index (Phi) is 5.21. The van der Waals surface area contributed by atoms with Crippen molar-refractivity contribution in [3.05, 3.63) is 62.5 Å². The lowest BCUT2D eigenvalue weighted by atomic mass is 9.94. The Balaban J connectivity index is 1.40. The summed E-state index contributed by atoms with van der Waals surface area (Å²) >= 11 is 5.90. The highest BCUT2D eigenvalue weighted by molar-refractivity contribution is 6.30. The van der Waals surface area contributed by atoms with Crippen molar-refractivity contribution in [2.24, 2.45) is 0 Å². The lowest BCUT2D eigenvalue weighted by Gasteiger charge is -2.32. The van der Waals surface area contributed by atoms with Crippen LogP contribution in [0, 0.1) is 0 Å². The number of likely N-dealkylation sites (tertiary alicyclic amines) is 1. The summed E-state index contributed by atoms with van der Waals surface area (Å²) in [5.41, 5.74) is 2.12. The zero-order chi connectivity index (χ0) is 18.8. The first-order valence-electron chi connectivity index (χ1n) is 9.57. The summed E-state index contributed by atoms with van der Waals surface area (Å²) in [6.07, 6.45) is 5.60. The molecular weight excluding hydrogens is 364 g/mol. The van der Waals surface area contributed by atoms with Gasteiger partial charge in [0.25, 0.3) is 11.5 Å². The third kappa shape index (κ3) is 4.03. The van der Waals surface area contributed by atoms with Gasteiger partial charge in [-0.3, -0.25) is 9.59 Å². The predicted octanol–water partition coefficient (Wildman–Crippen LogP) is 3.59. The van der Waals surface area contributed by atoms with Crippen molar-refractivity contribution in [2.75, 3.05) is 13.1 Å². The summed E-state index contributed by atoms with van der Waals surface area (Å²) in [6.45, 7) is 1.18. The van der Waals surface area contributed by atoms with Gasteiger partial charge >= 0.3 is 0 Å². The average molecular weight is 387 g/mol. The van der Waals surface area contributed by atoms with Gasteiger partial charge in [0.15, 0.2) is 0 Å². The van der Waals surface area contributed by atoms with E-state index in [0.29, 0.717) is 18.1 Å². The Morgan fingerprint density at radius 1 is 1.11 bits per heavy atom. The van der Waals surface area contributed by atoms with E-state index in [-0.39, 0.29) is 23.1 Å². The molecule has 0 bridgehead atoms. The van der Waals surface area contributed by atoms with Crippen LogP contribution < -0.4 is 10.3 Å². The fraction of sp³-hybridized carbons (Fsp3) is 0.429. The molecule has 6 heteroatoms. The Labute approximate surface area is 163 Å². The lowest BCUT2D eigenvalue weighted by Crippen LogP contribution is -2.43. The van der Waals surface area contributed by atoms with Crippen LogP contribution >= 0.6 is 11.6 Å². The van der Waals surface area contributed by atoms with Crippen molar-refractivity contribution in [1.29, 1.82) is 0 Å². The van der Waals surface area contributed by atoms with Gasteiger partial charge in [-0.15, -0.1) is 0 Å². The number of halogens is 1. The second-order valence-electron chi connectivity index (χ2n) is 7.29. The van der Waals surface area contributed by atoms with Gasteiger partial charge in [0.1, 0.15) is 17.4 Å². The zero-order valence-electron chi connectivity index (χ0n) is 15.2. The number of aromatic amines is 1. The van der Waals surface area contributed by atoms with Gasteiger partial charge in [-0.25, -0.2) is 0 Å². The second-order valence-corrected chi connectivity index (χ2v) is 7.72. The van der Waals surface area contributed by atoms with Crippen molar-refractivity contribution in [2.45, 2.75) is 44.6 Å². The number of carbonyl (C=O) groups excluding carboxylic acids is 1. The van der Waals surface area contributed by atoms with Gasteiger partial charge in [-0.1, -0.05) is 11.6 Å². The van der Waals surface area contributed by atoms with E-state index in [2.05, 4.69) is 4.98 Å².